The normalized spacial score (nSPS) is 23.7. The highest BCUT2D eigenvalue weighted by atomic mass is 15.1. The van der Waals surface area contributed by atoms with Gasteiger partial charge in [-0.2, -0.15) is 0 Å². The number of piperidine rings is 1. The van der Waals surface area contributed by atoms with E-state index >= 15 is 0 Å². The first-order valence-corrected chi connectivity index (χ1v) is 7.43. The van der Waals surface area contributed by atoms with Crippen LogP contribution in [0.3, 0.4) is 0 Å². The molecular weight excluding hydrogens is 220 g/mol. The summed E-state index contributed by atoms with van der Waals surface area (Å²) in [6.07, 6.45) is 5.33. The number of anilines is 1. The van der Waals surface area contributed by atoms with Gasteiger partial charge in [0, 0.05) is 25.3 Å². The van der Waals surface area contributed by atoms with E-state index in [0.29, 0.717) is 0 Å². The van der Waals surface area contributed by atoms with Gasteiger partial charge in [-0.15, -0.1) is 0 Å². The Kier molecular flexibility index (Phi) is 3.55. The minimum atomic E-state index is 0.923. The summed E-state index contributed by atoms with van der Waals surface area (Å²) in [5.41, 5.74) is 4.33. The van der Waals surface area contributed by atoms with E-state index in [2.05, 4.69) is 35.3 Å². The minimum Gasteiger partial charge on any atom is -0.384 e. The number of likely N-dealkylation sites (tertiary alicyclic amines) is 1. The third-order valence-electron chi connectivity index (χ3n) is 4.47. The molecule has 0 amide bonds. The topological polar surface area (TPSA) is 15.3 Å². The van der Waals surface area contributed by atoms with Gasteiger partial charge >= 0.3 is 0 Å². The van der Waals surface area contributed by atoms with Gasteiger partial charge in [-0.25, -0.2) is 0 Å². The molecule has 18 heavy (non-hydrogen) atoms. The highest BCUT2D eigenvalue weighted by Gasteiger charge is 2.19. The molecule has 0 aromatic heterocycles. The average molecular weight is 244 g/mol. The SMILES string of the molecule is CCC1CCCN(Cc2ccc3c(c2)NCC3)C1. The minimum absolute atomic E-state index is 0.923. The second-order valence-electron chi connectivity index (χ2n) is 5.82. The fourth-order valence-electron chi connectivity index (χ4n) is 3.32. The fraction of sp³-hybridized carbons (Fsp3) is 0.625. The van der Waals surface area contributed by atoms with Crippen LogP contribution in [-0.2, 0) is 13.0 Å². The van der Waals surface area contributed by atoms with Crippen molar-refractivity contribution in [3.63, 3.8) is 0 Å². The van der Waals surface area contributed by atoms with Crippen LogP contribution in [0.5, 0.6) is 0 Å². The molecule has 3 rings (SSSR count). The number of rotatable bonds is 3. The molecule has 2 heteroatoms. The second kappa shape index (κ2) is 5.31. The maximum Gasteiger partial charge on any atom is 0.0376 e. The van der Waals surface area contributed by atoms with Crippen molar-refractivity contribution in [2.24, 2.45) is 5.92 Å². The molecule has 1 aromatic carbocycles. The molecule has 1 fully saturated rings. The van der Waals surface area contributed by atoms with Gasteiger partial charge in [-0.05, 0) is 48.9 Å². The Morgan fingerprint density at radius 3 is 3.22 bits per heavy atom. The molecule has 1 N–H and O–H groups in total. The highest BCUT2D eigenvalue weighted by Crippen LogP contribution is 2.25. The van der Waals surface area contributed by atoms with Crippen LogP contribution >= 0.6 is 0 Å². The van der Waals surface area contributed by atoms with E-state index in [9.17, 15) is 0 Å². The van der Waals surface area contributed by atoms with Crippen LogP contribution in [0.1, 0.15) is 37.3 Å². The molecule has 0 radical (unpaired) electrons. The standard InChI is InChI=1S/C16H24N2/c1-2-13-4-3-9-18(11-13)12-14-5-6-15-7-8-17-16(15)10-14/h5-6,10,13,17H,2-4,7-9,11-12H2,1H3. The van der Waals surface area contributed by atoms with Crippen LogP contribution in [0.25, 0.3) is 0 Å². The molecule has 0 aliphatic carbocycles. The first-order chi connectivity index (χ1) is 8.85. The lowest BCUT2D eigenvalue weighted by Crippen LogP contribution is -2.34. The molecule has 1 aromatic rings. The molecule has 2 aliphatic rings. The summed E-state index contributed by atoms with van der Waals surface area (Å²) in [6.45, 7) is 7.14. The van der Waals surface area contributed by atoms with E-state index in [0.717, 1.165) is 19.0 Å². The van der Waals surface area contributed by atoms with Gasteiger partial charge in [0.25, 0.3) is 0 Å². The molecular formula is C16H24N2. The van der Waals surface area contributed by atoms with Crippen molar-refractivity contribution in [1.82, 2.24) is 4.90 Å². The summed E-state index contributed by atoms with van der Waals surface area (Å²) in [7, 11) is 0. The summed E-state index contributed by atoms with van der Waals surface area (Å²) < 4.78 is 0. The molecule has 0 bridgehead atoms. The molecule has 2 nitrogen and oxygen atoms in total. The summed E-state index contributed by atoms with van der Waals surface area (Å²) in [5, 5.41) is 3.48. The zero-order valence-corrected chi connectivity index (χ0v) is 11.4. The Balaban J connectivity index is 1.65. The maximum atomic E-state index is 3.48. The number of nitrogens with one attached hydrogen (secondary N) is 1. The molecule has 98 valence electrons. The third kappa shape index (κ3) is 2.54. The number of fused-ring (bicyclic) bond motifs is 1. The van der Waals surface area contributed by atoms with E-state index in [1.165, 1.54) is 55.6 Å². The van der Waals surface area contributed by atoms with E-state index in [1.54, 1.807) is 0 Å². The Labute approximate surface area is 110 Å². The van der Waals surface area contributed by atoms with Gasteiger partial charge in [0.15, 0.2) is 0 Å². The molecule has 2 heterocycles. The number of hydrogen-bond donors (Lipinski definition) is 1. The Bertz CT molecular complexity index is 414. The van der Waals surface area contributed by atoms with Crippen LogP contribution in [0.2, 0.25) is 0 Å². The third-order valence-corrected chi connectivity index (χ3v) is 4.47. The van der Waals surface area contributed by atoms with Crippen molar-refractivity contribution in [2.45, 2.75) is 39.2 Å². The van der Waals surface area contributed by atoms with E-state index in [-0.39, 0.29) is 0 Å². The highest BCUT2D eigenvalue weighted by molar-refractivity contribution is 5.57. The Morgan fingerprint density at radius 2 is 2.33 bits per heavy atom. The van der Waals surface area contributed by atoms with Crippen LogP contribution in [0.4, 0.5) is 5.69 Å². The number of benzene rings is 1. The van der Waals surface area contributed by atoms with Crippen LogP contribution in [0.15, 0.2) is 18.2 Å². The second-order valence-corrected chi connectivity index (χ2v) is 5.82. The van der Waals surface area contributed by atoms with E-state index < -0.39 is 0 Å². The molecule has 0 saturated carbocycles. The summed E-state index contributed by atoms with van der Waals surface area (Å²) >= 11 is 0. The van der Waals surface area contributed by atoms with Crippen molar-refractivity contribution in [3.05, 3.63) is 29.3 Å². The van der Waals surface area contributed by atoms with Gasteiger partial charge in [0.05, 0.1) is 0 Å². The van der Waals surface area contributed by atoms with Gasteiger partial charge in [0.1, 0.15) is 0 Å². The van der Waals surface area contributed by atoms with Gasteiger partial charge < -0.3 is 5.32 Å². The van der Waals surface area contributed by atoms with Crippen molar-refractivity contribution >= 4 is 5.69 Å². The van der Waals surface area contributed by atoms with Crippen molar-refractivity contribution in [3.8, 4) is 0 Å². The predicted molar refractivity (Wildman–Crippen MR) is 76.9 cm³/mol. The first kappa shape index (κ1) is 12.0. The van der Waals surface area contributed by atoms with Crippen molar-refractivity contribution in [1.29, 1.82) is 0 Å². The Morgan fingerprint density at radius 1 is 1.39 bits per heavy atom. The van der Waals surface area contributed by atoms with Crippen molar-refractivity contribution in [2.75, 3.05) is 25.0 Å². The van der Waals surface area contributed by atoms with Gasteiger partial charge in [-0.1, -0.05) is 25.5 Å². The van der Waals surface area contributed by atoms with Crippen molar-refractivity contribution < 1.29 is 0 Å². The lowest BCUT2D eigenvalue weighted by molar-refractivity contribution is 0.165. The zero-order valence-electron chi connectivity index (χ0n) is 11.4. The lowest BCUT2D eigenvalue weighted by Gasteiger charge is -2.32. The number of hydrogen-bond acceptors (Lipinski definition) is 2. The summed E-state index contributed by atoms with van der Waals surface area (Å²) in [6, 6.07) is 6.99. The number of nitrogens with zero attached hydrogens (tertiary/aromatic N) is 1. The largest absolute Gasteiger partial charge is 0.384 e. The van der Waals surface area contributed by atoms with Gasteiger partial charge in [0.2, 0.25) is 0 Å². The van der Waals surface area contributed by atoms with E-state index in [1.807, 2.05) is 0 Å². The molecule has 1 saturated heterocycles. The van der Waals surface area contributed by atoms with Crippen LogP contribution < -0.4 is 5.32 Å². The van der Waals surface area contributed by atoms with Crippen LogP contribution in [0, 0.1) is 5.92 Å². The van der Waals surface area contributed by atoms with E-state index in [4.69, 9.17) is 0 Å². The monoisotopic (exact) mass is 244 g/mol. The van der Waals surface area contributed by atoms with Crippen LogP contribution in [-0.4, -0.2) is 24.5 Å². The lowest BCUT2D eigenvalue weighted by atomic mass is 9.95. The average Bonchev–Trinajstić information content (AvgIpc) is 2.86. The summed E-state index contributed by atoms with van der Waals surface area (Å²) in [4.78, 5) is 2.63. The van der Waals surface area contributed by atoms with Gasteiger partial charge in [-0.3, -0.25) is 4.90 Å². The molecule has 1 unspecified atom stereocenters. The molecule has 1 atom stereocenters. The fourth-order valence-corrected chi connectivity index (χ4v) is 3.32. The smallest absolute Gasteiger partial charge is 0.0376 e. The quantitative estimate of drug-likeness (QED) is 0.878. The zero-order chi connectivity index (χ0) is 12.4. The maximum absolute atomic E-state index is 3.48. The predicted octanol–water partition coefficient (Wildman–Crippen LogP) is 3.28. The molecule has 0 spiro atoms. The Hall–Kier alpha value is -1.02. The molecule has 2 aliphatic heterocycles. The summed E-state index contributed by atoms with van der Waals surface area (Å²) in [5.74, 6) is 0.923. The first-order valence-electron chi connectivity index (χ1n) is 7.43.